The first kappa shape index (κ1) is 32.7. The lowest BCUT2D eigenvalue weighted by atomic mass is 10.0. The van der Waals surface area contributed by atoms with E-state index < -0.39 is 23.6 Å². The number of nitriles is 1. The number of rotatable bonds is 9. The maximum Gasteiger partial charge on any atom is 0.416 e. The maximum absolute atomic E-state index is 13.7. The molecule has 2 fully saturated rings. The summed E-state index contributed by atoms with van der Waals surface area (Å²) in [7, 11) is 1.86. The fourth-order valence-corrected chi connectivity index (χ4v) is 7.20. The molecule has 2 aliphatic heterocycles. The lowest BCUT2D eigenvalue weighted by Crippen LogP contribution is -2.52. The molecule has 238 valence electrons. The third kappa shape index (κ3) is 7.94. The van der Waals surface area contributed by atoms with E-state index in [1.165, 1.54) is 29.8 Å². The maximum atomic E-state index is 13.7. The van der Waals surface area contributed by atoms with Gasteiger partial charge >= 0.3 is 6.18 Å². The van der Waals surface area contributed by atoms with Crippen LogP contribution < -0.4 is 15.3 Å². The van der Waals surface area contributed by atoms with Crippen molar-refractivity contribution in [2.24, 2.45) is 0 Å². The smallest absolute Gasteiger partial charge is 0.416 e. The van der Waals surface area contributed by atoms with E-state index in [1.807, 2.05) is 26.0 Å². The first-order chi connectivity index (χ1) is 21.4. The number of alkyl halides is 3. The Balaban J connectivity index is 1.34. The molecule has 2 aliphatic rings. The van der Waals surface area contributed by atoms with E-state index in [0.29, 0.717) is 49.2 Å². The number of carbonyl (C=O) groups is 2. The number of aromatic nitrogens is 3. The lowest BCUT2D eigenvalue weighted by molar-refractivity contribution is -0.305. The zero-order chi connectivity index (χ0) is 32.3. The minimum absolute atomic E-state index is 0.0308. The molecule has 1 N–H and O–H groups in total. The van der Waals surface area contributed by atoms with Crippen molar-refractivity contribution in [1.29, 1.82) is 5.26 Å². The van der Waals surface area contributed by atoms with Crippen molar-refractivity contribution in [3.05, 3.63) is 52.3 Å². The minimum Gasteiger partial charge on any atom is -0.550 e. The molecule has 0 radical (unpaired) electrons. The monoisotopic (exact) mass is 660 g/mol. The van der Waals surface area contributed by atoms with E-state index in [0.717, 1.165) is 31.5 Å². The van der Waals surface area contributed by atoms with Gasteiger partial charge in [0.25, 0.3) is 5.91 Å². The number of hydrogen-bond acceptors (Lipinski definition) is 11. The Bertz CT molecular complexity index is 1600. The molecule has 0 spiro atoms. The molecule has 4 heterocycles. The number of carbonyl (C=O) groups excluding carboxylic acids is 2. The van der Waals surface area contributed by atoms with Crippen molar-refractivity contribution < 1.29 is 27.9 Å². The summed E-state index contributed by atoms with van der Waals surface area (Å²) in [6.07, 6.45) is 0.213. The van der Waals surface area contributed by atoms with Crippen molar-refractivity contribution in [3.8, 4) is 17.3 Å². The molecule has 3 atom stereocenters. The molecule has 16 heteroatoms. The van der Waals surface area contributed by atoms with E-state index in [9.17, 15) is 33.1 Å². The molecule has 3 aromatic rings. The van der Waals surface area contributed by atoms with Crippen LogP contribution in [0.3, 0.4) is 0 Å². The predicted octanol–water partition coefficient (Wildman–Crippen LogP) is 2.92. The molecular formula is C29H32F3N8O3PS. The molecular weight excluding hydrogens is 628 g/mol. The van der Waals surface area contributed by atoms with Gasteiger partial charge in [-0.15, -0.1) is 0 Å². The Kier molecular flexibility index (Phi) is 9.98. The highest BCUT2D eigenvalue weighted by molar-refractivity contribution is 7.17. The molecule has 2 aromatic heterocycles. The van der Waals surface area contributed by atoms with Crippen LogP contribution in [0.5, 0.6) is 0 Å². The van der Waals surface area contributed by atoms with Gasteiger partial charge in [0.05, 0.1) is 35.3 Å². The van der Waals surface area contributed by atoms with E-state index in [1.54, 1.807) is 6.07 Å². The Morgan fingerprint density at radius 1 is 1.20 bits per heavy atom. The van der Waals surface area contributed by atoms with Crippen molar-refractivity contribution in [3.63, 3.8) is 0 Å². The van der Waals surface area contributed by atoms with Crippen molar-refractivity contribution in [1.82, 2.24) is 24.8 Å². The molecule has 5 rings (SSSR count). The van der Waals surface area contributed by atoms with Gasteiger partial charge in [0, 0.05) is 61.7 Å². The molecule has 0 saturated carbocycles. The van der Waals surface area contributed by atoms with Gasteiger partial charge in [-0.2, -0.15) is 18.4 Å². The fraction of sp³-hybridized carbons (Fsp3) is 0.448. The summed E-state index contributed by atoms with van der Waals surface area (Å²) in [5.41, 5.74) is -0.600. The number of carboxylic acid groups (broad SMARTS) is 1. The normalized spacial score (nSPS) is 19.5. The van der Waals surface area contributed by atoms with Gasteiger partial charge < -0.3 is 14.8 Å². The Morgan fingerprint density at radius 2 is 2.00 bits per heavy atom. The number of thiazole rings is 1. The zero-order valence-corrected chi connectivity index (χ0v) is 26.7. The van der Waals surface area contributed by atoms with Crippen LogP contribution >= 0.6 is 20.6 Å². The predicted molar refractivity (Wildman–Crippen MR) is 165 cm³/mol. The van der Waals surface area contributed by atoms with Crippen molar-refractivity contribution >= 4 is 43.4 Å². The third-order valence-electron chi connectivity index (χ3n) is 7.94. The second kappa shape index (κ2) is 13.7. The number of hydrogen-bond donors (Lipinski definition) is 1. The summed E-state index contributed by atoms with van der Waals surface area (Å²) in [5.74, 6) is -0.759. The van der Waals surface area contributed by atoms with Gasteiger partial charge in [0.15, 0.2) is 5.13 Å². The SMILES string of the molecule is CC1CN(CCC(=O)[O-])CCN1c1cnc(C(=O)Nc2nc(-c3cc(C#N)cc(C(F)(F)F)c3)c(CN3CCCC3[PH3+])s2)cn1. The van der Waals surface area contributed by atoms with Crippen LogP contribution in [0.4, 0.5) is 24.1 Å². The van der Waals surface area contributed by atoms with Gasteiger partial charge in [-0.05, 0) is 53.6 Å². The number of carboxylic acids is 1. The summed E-state index contributed by atoms with van der Waals surface area (Å²) < 4.78 is 41.0. The van der Waals surface area contributed by atoms with Gasteiger partial charge in [0.2, 0.25) is 0 Å². The number of likely N-dealkylation sites (tertiary alicyclic amines) is 1. The Morgan fingerprint density at radius 3 is 2.62 bits per heavy atom. The quantitative estimate of drug-likeness (QED) is 0.341. The van der Waals surface area contributed by atoms with Gasteiger partial charge in [-0.3, -0.25) is 19.9 Å². The number of amides is 1. The van der Waals surface area contributed by atoms with Crippen LogP contribution in [-0.4, -0.2) is 81.2 Å². The number of piperazine rings is 1. The van der Waals surface area contributed by atoms with Crippen LogP contribution in [0.15, 0.2) is 30.6 Å². The molecule has 0 bridgehead atoms. The topological polar surface area (TPSA) is 141 Å². The second-order valence-corrected chi connectivity index (χ2v) is 13.2. The molecule has 2 saturated heterocycles. The highest BCUT2D eigenvalue weighted by Crippen LogP contribution is 2.38. The van der Waals surface area contributed by atoms with E-state index in [-0.39, 0.29) is 40.1 Å². The minimum atomic E-state index is -4.65. The van der Waals surface area contributed by atoms with Crippen LogP contribution in [0, 0.1) is 11.3 Å². The second-order valence-electron chi connectivity index (χ2n) is 11.1. The summed E-state index contributed by atoms with van der Waals surface area (Å²) >= 11 is 1.18. The zero-order valence-electron chi connectivity index (χ0n) is 24.5. The molecule has 1 amide bonds. The summed E-state index contributed by atoms with van der Waals surface area (Å²) in [4.78, 5) is 44.2. The van der Waals surface area contributed by atoms with E-state index in [4.69, 9.17) is 0 Å². The summed E-state index contributed by atoms with van der Waals surface area (Å²) in [5, 5.41) is 23.1. The number of nitrogens with zero attached hydrogens (tertiary/aromatic N) is 7. The largest absolute Gasteiger partial charge is 0.550 e. The van der Waals surface area contributed by atoms with Crippen LogP contribution in [0.25, 0.3) is 11.3 Å². The fourth-order valence-electron chi connectivity index (χ4n) is 5.59. The highest BCUT2D eigenvalue weighted by Gasteiger charge is 2.33. The first-order valence-electron chi connectivity index (χ1n) is 14.4. The van der Waals surface area contributed by atoms with Gasteiger partial charge in [0.1, 0.15) is 17.3 Å². The first-order valence-corrected chi connectivity index (χ1v) is 16.1. The van der Waals surface area contributed by atoms with Crippen LogP contribution in [0.1, 0.15) is 52.7 Å². The molecule has 3 unspecified atom stereocenters. The van der Waals surface area contributed by atoms with Crippen LogP contribution in [-0.2, 0) is 17.5 Å². The van der Waals surface area contributed by atoms with Crippen molar-refractivity contribution in [2.45, 2.75) is 50.7 Å². The Hall–Kier alpha value is -3.70. The van der Waals surface area contributed by atoms with Crippen molar-refractivity contribution in [2.75, 3.05) is 42.9 Å². The number of aliphatic carboxylic acids is 1. The highest BCUT2D eigenvalue weighted by atomic mass is 32.1. The number of benzene rings is 1. The summed E-state index contributed by atoms with van der Waals surface area (Å²) in [6.45, 7) is 5.60. The molecule has 45 heavy (non-hydrogen) atoms. The Labute approximate surface area is 264 Å². The number of anilines is 2. The summed E-state index contributed by atoms with van der Waals surface area (Å²) in [6, 6.07) is 5.01. The molecule has 0 aliphatic carbocycles. The lowest BCUT2D eigenvalue weighted by Gasteiger charge is -2.40. The molecule has 11 nitrogen and oxygen atoms in total. The average molecular weight is 661 g/mol. The average Bonchev–Trinajstić information content (AvgIpc) is 3.60. The standard InChI is InChI=1S/C29H32F3N8O3PS/c1-17-15-38(6-4-25(41)42)7-8-40(17)23-14-34-21(13-35-23)27(43)37-28-36-26(22(45-28)16-39-5-2-3-24(39)44)19-9-18(12-33)10-20(11-19)29(30,31)32/h9-11,13-14,17,24H,2-8,15-16,44H2,1H3,(H,41,42)(H,36,37,43). The van der Waals surface area contributed by atoms with Gasteiger partial charge in [-0.1, -0.05) is 11.3 Å². The molecule has 1 aromatic carbocycles. The third-order valence-corrected chi connectivity index (χ3v) is 9.82. The van der Waals surface area contributed by atoms with Gasteiger partial charge in [-0.25, -0.2) is 15.0 Å². The van der Waals surface area contributed by atoms with Crippen LogP contribution in [0.2, 0.25) is 0 Å². The number of halogens is 3. The number of nitrogens with one attached hydrogen (secondary N) is 1. The van der Waals surface area contributed by atoms with E-state index >= 15 is 0 Å². The van der Waals surface area contributed by atoms with E-state index in [2.05, 4.69) is 25.2 Å².